The van der Waals surface area contributed by atoms with Crippen LogP contribution in [0.5, 0.6) is 5.75 Å². The molecule has 0 saturated heterocycles. The molecule has 5 heteroatoms. The first-order valence-corrected chi connectivity index (χ1v) is 8.38. The van der Waals surface area contributed by atoms with Gasteiger partial charge in [0.1, 0.15) is 5.75 Å². The molecule has 2 rings (SSSR count). The molecule has 0 amide bonds. The van der Waals surface area contributed by atoms with Gasteiger partial charge in [-0.2, -0.15) is 0 Å². The lowest BCUT2D eigenvalue weighted by Gasteiger charge is -2.07. The second-order valence-corrected chi connectivity index (χ2v) is 6.52. The molecular weight excluding hydrogens is 274 g/mol. The van der Waals surface area contributed by atoms with Crippen molar-refractivity contribution in [2.24, 2.45) is 5.14 Å². The molecule has 0 heterocycles. The molecule has 0 spiro atoms. The molecule has 108 valence electrons. The van der Waals surface area contributed by atoms with Crippen LogP contribution in [0.15, 0.2) is 42.5 Å². The first-order valence-electron chi connectivity index (χ1n) is 6.67. The van der Waals surface area contributed by atoms with Crippen LogP contribution >= 0.6 is 0 Å². The van der Waals surface area contributed by atoms with Gasteiger partial charge in [-0.3, -0.25) is 0 Å². The molecule has 20 heavy (non-hydrogen) atoms. The van der Waals surface area contributed by atoms with Crippen LogP contribution in [-0.4, -0.2) is 20.8 Å². The second-order valence-electron chi connectivity index (χ2n) is 4.79. The Labute approximate surface area is 119 Å². The van der Waals surface area contributed by atoms with Crippen molar-refractivity contribution in [3.63, 3.8) is 0 Å². The van der Waals surface area contributed by atoms with Crippen molar-refractivity contribution < 1.29 is 13.2 Å². The molecule has 0 radical (unpaired) electrons. The van der Waals surface area contributed by atoms with Crippen LogP contribution in [-0.2, 0) is 10.0 Å². The summed E-state index contributed by atoms with van der Waals surface area (Å²) in [4.78, 5) is 0. The van der Waals surface area contributed by atoms with E-state index in [1.807, 2.05) is 36.4 Å². The van der Waals surface area contributed by atoms with E-state index in [4.69, 9.17) is 9.88 Å². The maximum Gasteiger partial charge on any atom is 0.209 e. The van der Waals surface area contributed by atoms with Gasteiger partial charge in [-0.15, -0.1) is 0 Å². The second kappa shape index (κ2) is 6.72. The van der Waals surface area contributed by atoms with Gasteiger partial charge in [0.05, 0.1) is 12.4 Å². The number of unbranched alkanes of at least 4 members (excludes halogenated alkanes) is 2. The Balaban J connectivity index is 1.76. The lowest BCUT2D eigenvalue weighted by Crippen LogP contribution is -2.16. The molecule has 0 aliphatic rings. The maximum absolute atomic E-state index is 10.8. The van der Waals surface area contributed by atoms with Crippen molar-refractivity contribution in [3.8, 4) is 5.75 Å². The van der Waals surface area contributed by atoms with Crippen molar-refractivity contribution in [3.05, 3.63) is 42.5 Å². The van der Waals surface area contributed by atoms with E-state index in [-0.39, 0.29) is 5.75 Å². The Morgan fingerprint density at radius 2 is 1.70 bits per heavy atom. The number of benzene rings is 2. The Morgan fingerprint density at radius 3 is 2.45 bits per heavy atom. The highest BCUT2D eigenvalue weighted by Gasteiger charge is 2.02. The minimum atomic E-state index is -3.33. The normalized spacial score (nSPS) is 11.7. The number of nitrogens with two attached hydrogens (primary N) is 1. The number of primary sulfonamides is 1. The van der Waals surface area contributed by atoms with E-state index in [0.29, 0.717) is 13.0 Å². The molecule has 2 aromatic carbocycles. The van der Waals surface area contributed by atoms with E-state index < -0.39 is 10.0 Å². The zero-order valence-electron chi connectivity index (χ0n) is 11.3. The Hall–Kier alpha value is -1.59. The van der Waals surface area contributed by atoms with Crippen molar-refractivity contribution in [1.29, 1.82) is 0 Å². The van der Waals surface area contributed by atoms with Crippen LogP contribution in [0.2, 0.25) is 0 Å². The Kier molecular flexibility index (Phi) is 4.98. The van der Waals surface area contributed by atoms with Gasteiger partial charge in [-0.1, -0.05) is 30.3 Å². The van der Waals surface area contributed by atoms with Crippen LogP contribution in [0.4, 0.5) is 0 Å². The monoisotopic (exact) mass is 293 g/mol. The third-order valence-electron chi connectivity index (χ3n) is 3.06. The van der Waals surface area contributed by atoms with E-state index in [1.54, 1.807) is 0 Å². The molecular formula is C15H19NO3S. The Bertz CT molecular complexity index is 668. The van der Waals surface area contributed by atoms with Crippen molar-refractivity contribution in [2.75, 3.05) is 12.4 Å². The summed E-state index contributed by atoms with van der Waals surface area (Å²) in [5, 5.41) is 7.28. The van der Waals surface area contributed by atoms with Gasteiger partial charge in [0.15, 0.2) is 0 Å². The molecule has 0 aliphatic carbocycles. The highest BCUT2D eigenvalue weighted by Crippen LogP contribution is 2.20. The standard InChI is InChI=1S/C15H19NO3S/c16-20(17,18)11-5-1-4-10-19-15-9-8-13-6-2-3-7-14(13)12-15/h2-3,6-9,12H,1,4-5,10-11H2,(H2,16,17,18). The quantitative estimate of drug-likeness (QED) is 0.798. The molecule has 0 fully saturated rings. The van der Waals surface area contributed by atoms with Crippen LogP contribution in [0.25, 0.3) is 10.8 Å². The highest BCUT2D eigenvalue weighted by atomic mass is 32.2. The summed E-state index contributed by atoms with van der Waals surface area (Å²) in [6, 6.07) is 14.1. The number of hydrogen-bond donors (Lipinski definition) is 1. The molecule has 0 aromatic heterocycles. The molecule has 0 bridgehead atoms. The first kappa shape index (κ1) is 14.8. The fourth-order valence-corrected chi connectivity index (χ4v) is 2.64. The van der Waals surface area contributed by atoms with Gasteiger partial charge >= 0.3 is 0 Å². The molecule has 2 N–H and O–H groups in total. The van der Waals surface area contributed by atoms with Gasteiger partial charge in [-0.25, -0.2) is 13.6 Å². The molecule has 4 nitrogen and oxygen atoms in total. The van der Waals surface area contributed by atoms with Crippen LogP contribution < -0.4 is 9.88 Å². The lowest BCUT2D eigenvalue weighted by molar-refractivity contribution is 0.306. The largest absolute Gasteiger partial charge is 0.494 e. The maximum atomic E-state index is 10.8. The molecule has 0 atom stereocenters. The summed E-state index contributed by atoms with van der Waals surface area (Å²) >= 11 is 0. The predicted molar refractivity (Wildman–Crippen MR) is 81.3 cm³/mol. The zero-order chi connectivity index (χ0) is 14.4. The van der Waals surface area contributed by atoms with Crippen LogP contribution in [0.3, 0.4) is 0 Å². The minimum absolute atomic E-state index is 0.0446. The third-order valence-corrected chi connectivity index (χ3v) is 3.92. The van der Waals surface area contributed by atoms with Crippen LogP contribution in [0.1, 0.15) is 19.3 Å². The van der Waals surface area contributed by atoms with Gasteiger partial charge in [-0.05, 0) is 42.2 Å². The number of ether oxygens (including phenoxy) is 1. The van der Waals surface area contributed by atoms with Gasteiger partial charge in [0, 0.05) is 0 Å². The summed E-state index contributed by atoms with van der Waals surface area (Å²) in [6.45, 7) is 0.586. The highest BCUT2D eigenvalue weighted by molar-refractivity contribution is 7.89. The average molecular weight is 293 g/mol. The SMILES string of the molecule is NS(=O)(=O)CCCCCOc1ccc2ccccc2c1. The fourth-order valence-electron chi connectivity index (χ4n) is 2.03. The zero-order valence-corrected chi connectivity index (χ0v) is 12.1. The topological polar surface area (TPSA) is 69.4 Å². The number of sulfonamides is 1. The van der Waals surface area contributed by atoms with Crippen molar-refractivity contribution >= 4 is 20.8 Å². The summed E-state index contributed by atoms with van der Waals surface area (Å²) in [7, 11) is -3.33. The summed E-state index contributed by atoms with van der Waals surface area (Å²) in [5.41, 5.74) is 0. The molecule has 0 unspecified atom stereocenters. The fraction of sp³-hybridized carbons (Fsp3) is 0.333. The average Bonchev–Trinajstić information content (AvgIpc) is 2.41. The summed E-state index contributed by atoms with van der Waals surface area (Å²) < 4.78 is 27.2. The Morgan fingerprint density at radius 1 is 0.950 bits per heavy atom. The van der Waals surface area contributed by atoms with E-state index >= 15 is 0 Å². The summed E-state index contributed by atoms with van der Waals surface area (Å²) in [6.07, 6.45) is 2.20. The smallest absolute Gasteiger partial charge is 0.209 e. The van der Waals surface area contributed by atoms with Gasteiger partial charge in [0.25, 0.3) is 0 Å². The first-order chi connectivity index (χ1) is 9.54. The molecule has 0 aliphatic heterocycles. The predicted octanol–water partition coefficient (Wildman–Crippen LogP) is 2.68. The molecule has 2 aromatic rings. The van der Waals surface area contributed by atoms with Gasteiger partial charge in [0.2, 0.25) is 10.0 Å². The third kappa shape index (κ3) is 4.83. The van der Waals surface area contributed by atoms with E-state index in [9.17, 15) is 8.42 Å². The van der Waals surface area contributed by atoms with Crippen molar-refractivity contribution in [2.45, 2.75) is 19.3 Å². The molecule has 0 saturated carbocycles. The number of rotatable bonds is 7. The summed E-state index contributed by atoms with van der Waals surface area (Å²) in [5.74, 6) is 0.887. The van der Waals surface area contributed by atoms with E-state index in [0.717, 1.165) is 24.0 Å². The van der Waals surface area contributed by atoms with Gasteiger partial charge < -0.3 is 4.74 Å². The van der Waals surface area contributed by atoms with E-state index in [1.165, 1.54) is 5.39 Å². The minimum Gasteiger partial charge on any atom is -0.494 e. The number of hydrogen-bond acceptors (Lipinski definition) is 3. The van der Waals surface area contributed by atoms with E-state index in [2.05, 4.69) is 6.07 Å². The van der Waals surface area contributed by atoms with Crippen LogP contribution in [0, 0.1) is 0 Å². The lowest BCUT2D eigenvalue weighted by atomic mass is 10.1. The van der Waals surface area contributed by atoms with Crippen molar-refractivity contribution in [1.82, 2.24) is 0 Å². The number of fused-ring (bicyclic) bond motifs is 1.